The van der Waals surface area contributed by atoms with Crippen LogP contribution in [0.1, 0.15) is 47.2 Å². The van der Waals surface area contributed by atoms with Crippen molar-refractivity contribution in [1.29, 1.82) is 0 Å². The van der Waals surface area contributed by atoms with E-state index in [0.717, 1.165) is 56.0 Å². The topological polar surface area (TPSA) is 12.0 Å². The molecule has 0 amide bonds. The molecule has 8 aromatic carbocycles. The van der Waals surface area contributed by atoms with Gasteiger partial charge in [0.2, 0.25) is 0 Å². The molecule has 268 valence electrons. The Morgan fingerprint density at radius 1 is 0.421 bits per heavy atom. The fraction of sp³-hybridized carbons (Fsp3) is 0.0741. The fourth-order valence-electron chi connectivity index (χ4n) is 9.63. The van der Waals surface area contributed by atoms with Crippen molar-refractivity contribution in [1.82, 2.24) is 0 Å². The minimum absolute atomic E-state index is 0.179. The van der Waals surface area contributed by atoms with Crippen LogP contribution >= 0.6 is 0 Å². The van der Waals surface area contributed by atoms with E-state index in [9.17, 15) is 0 Å². The van der Waals surface area contributed by atoms with Gasteiger partial charge >= 0.3 is 0 Å². The molecule has 0 saturated carbocycles. The van der Waals surface area contributed by atoms with Crippen LogP contribution < -0.4 is 4.90 Å². The van der Waals surface area contributed by atoms with Crippen LogP contribution in [0.2, 0.25) is 0 Å². The Kier molecular flexibility index (Phi) is 7.82. The van der Waals surface area contributed by atoms with Crippen molar-refractivity contribution < 1.29 is 0 Å². The van der Waals surface area contributed by atoms with Crippen LogP contribution in [0.4, 0.5) is 28.4 Å². The molecule has 0 bridgehead atoms. The van der Waals surface area contributed by atoms with Gasteiger partial charge in [0.1, 0.15) is 0 Å². The summed E-state index contributed by atoms with van der Waals surface area (Å²) < 4.78 is 0. The minimum Gasteiger partial charge on any atom is -0.309 e. The summed E-state index contributed by atoms with van der Waals surface area (Å²) in [5, 5.41) is 0. The van der Waals surface area contributed by atoms with Gasteiger partial charge in [-0.1, -0.05) is 178 Å². The second kappa shape index (κ2) is 13.1. The van der Waals surface area contributed by atoms with Gasteiger partial charge in [-0.25, -0.2) is 9.69 Å². The lowest BCUT2D eigenvalue weighted by atomic mass is 9.67. The van der Waals surface area contributed by atoms with Gasteiger partial charge in [-0.15, -0.1) is 0 Å². The standard InChI is InChI=1S/C54H37N3/c1-53(2)46-20-11-8-18-43(46)44-34-33-41(35-49(44)53)57(50-23-13-10-17-42(50)36-15-6-5-7-16-36)51-24-14-22-48-52(51)45-19-9-12-21-47(45)54(48,37-25-29-39(55-3)30-26-37)38-27-31-40(56-4)32-28-38/h5-35H,1-2H3. The van der Waals surface area contributed by atoms with Crippen LogP contribution in [0.15, 0.2) is 188 Å². The van der Waals surface area contributed by atoms with E-state index in [1.54, 1.807) is 0 Å². The second-order valence-electron chi connectivity index (χ2n) is 15.4. The molecule has 0 saturated heterocycles. The minimum atomic E-state index is -0.713. The van der Waals surface area contributed by atoms with E-state index in [2.05, 4.69) is 192 Å². The highest BCUT2D eigenvalue weighted by Gasteiger charge is 2.47. The van der Waals surface area contributed by atoms with Gasteiger partial charge < -0.3 is 4.90 Å². The predicted octanol–water partition coefficient (Wildman–Crippen LogP) is 14.6. The lowest BCUT2D eigenvalue weighted by molar-refractivity contribution is 0.660. The van der Waals surface area contributed by atoms with Gasteiger partial charge in [0.15, 0.2) is 11.4 Å². The number of benzene rings is 8. The third-order valence-corrected chi connectivity index (χ3v) is 12.2. The summed E-state index contributed by atoms with van der Waals surface area (Å²) in [5.74, 6) is 0. The number of rotatable bonds is 6. The first-order chi connectivity index (χ1) is 27.9. The predicted molar refractivity (Wildman–Crippen MR) is 234 cm³/mol. The Hall–Kier alpha value is -7.46. The average Bonchev–Trinajstić information content (AvgIpc) is 3.70. The zero-order valence-electron chi connectivity index (χ0n) is 31.7. The summed E-state index contributed by atoms with van der Waals surface area (Å²) in [6.45, 7) is 20.1. The van der Waals surface area contributed by atoms with E-state index in [1.807, 2.05) is 24.3 Å². The SMILES string of the molecule is [C-]#[N+]c1ccc(C2(c3ccc([N+]#[C-])cc3)c3ccccc3-c3c(N(c4ccc5c(c4)C(C)(C)c4ccccc4-5)c4ccccc4-c4ccccc4)cccc32)cc1. The molecule has 0 atom stereocenters. The van der Waals surface area contributed by atoms with Crippen LogP contribution in [0, 0.1) is 13.1 Å². The van der Waals surface area contributed by atoms with Gasteiger partial charge in [0, 0.05) is 22.2 Å². The number of nitrogens with zero attached hydrogens (tertiary/aromatic N) is 3. The quantitative estimate of drug-likeness (QED) is 0.155. The van der Waals surface area contributed by atoms with Crippen molar-refractivity contribution in [2.75, 3.05) is 4.90 Å². The molecule has 0 unspecified atom stereocenters. The number of anilines is 3. The highest BCUT2D eigenvalue weighted by atomic mass is 15.1. The van der Waals surface area contributed by atoms with E-state index >= 15 is 0 Å². The van der Waals surface area contributed by atoms with Crippen LogP contribution in [-0.2, 0) is 10.8 Å². The summed E-state index contributed by atoms with van der Waals surface area (Å²) >= 11 is 0. The summed E-state index contributed by atoms with van der Waals surface area (Å²) in [6.07, 6.45) is 0. The van der Waals surface area contributed by atoms with Gasteiger partial charge in [-0.05, 0) is 79.9 Å². The van der Waals surface area contributed by atoms with Gasteiger partial charge in [-0.3, -0.25) is 0 Å². The average molecular weight is 728 g/mol. The maximum atomic E-state index is 7.73. The third-order valence-electron chi connectivity index (χ3n) is 12.2. The summed E-state index contributed by atoms with van der Waals surface area (Å²) in [4.78, 5) is 9.95. The van der Waals surface area contributed by atoms with Gasteiger partial charge in [0.05, 0.1) is 29.9 Å². The first-order valence-corrected chi connectivity index (χ1v) is 19.3. The number of hydrogen-bond donors (Lipinski definition) is 0. The van der Waals surface area contributed by atoms with E-state index in [0.29, 0.717) is 11.4 Å². The summed E-state index contributed by atoms with van der Waals surface area (Å²) in [5.41, 5.74) is 17.9. The molecule has 0 radical (unpaired) electrons. The summed E-state index contributed by atoms with van der Waals surface area (Å²) in [7, 11) is 0. The van der Waals surface area contributed by atoms with Crippen LogP contribution in [0.25, 0.3) is 43.1 Å². The molecule has 10 rings (SSSR count). The normalized spacial score (nSPS) is 13.7. The van der Waals surface area contributed by atoms with Crippen molar-refractivity contribution in [3.05, 3.63) is 244 Å². The monoisotopic (exact) mass is 727 g/mol. The van der Waals surface area contributed by atoms with E-state index in [4.69, 9.17) is 13.1 Å². The smallest absolute Gasteiger partial charge is 0.187 e. The molecule has 3 heteroatoms. The van der Waals surface area contributed by atoms with Crippen molar-refractivity contribution in [3.8, 4) is 33.4 Å². The molecule has 0 fully saturated rings. The Labute approximate surface area is 334 Å². The molecule has 2 aliphatic carbocycles. The van der Waals surface area contributed by atoms with E-state index in [-0.39, 0.29) is 5.41 Å². The lowest BCUT2D eigenvalue weighted by Gasteiger charge is -2.35. The first kappa shape index (κ1) is 34.1. The molecule has 57 heavy (non-hydrogen) atoms. The van der Waals surface area contributed by atoms with Crippen molar-refractivity contribution in [3.63, 3.8) is 0 Å². The molecule has 8 aromatic rings. The zero-order chi connectivity index (χ0) is 38.7. The maximum Gasteiger partial charge on any atom is 0.187 e. The lowest BCUT2D eigenvalue weighted by Crippen LogP contribution is -2.28. The maximum absolute atomic E-state index is 7.73. The molecule has 0 N–H and O–H groups in total. The molecular formula is C54H37N3. The van der Waals surface area contributed by atoms with Crippen molar-refractivity contribution in [2.45, 2.75) is 24.7 Å². The molecule has 3 nitrogen and oxygen atoms in total. The highest BCUT2D eigenvalue weighted by Crippen LogP contribution is 2.60. The zero-order valence-corrected chi connectivity index (χ0v) is 31.7. The molecule has 0 aromatic heterocycles. The van der Waals surface area contributed by atoms with Crippen LogP contribution in [-0.4, -0.2) is 0 Å². The molecular weight excluding hydrogens is 691 g/mol. The highest BCUT2D eigenvalue weighted by molar-refractivity contribution is 6.00. The van der Waals surface area contributed by atoms with E-state index in [1.165, 1.54) is 27.8 Å². The Balaban J connectivity index is 1.30. The molecule has 2 aliphatic rings. The fourth-order valence-corrected chi connectivity index (χ4v) is 9.63. The molecule has 0 spiro atoms. The molecule has 0 heterocycles. The Morgan fingerprint density at radius 2 is 0.947 bits per heavy atom. The Morgan fingerprint density at radius 3 is 1.61 bits per heavy atom. The first-order valence-electron chi connectivity index (χ1n) is 19.3. The van der Waals surface area contributed by atoms with Crippen molar-refractivity contribution >= 4 is 28.4 Å². The number of para-hydroxylation sites is 1. The van der Waals surface area contributed by atoms with Crippen molar-refractivity contribution in [2.24, 2.45) is 0 Å². The van der Waals surface area contributed by atoms with E-state index < -0.39 is 5.41 Å². The van der Waals surface area contributed by atoms with Crippen LogP contribution in [0.5, 0.6) is 0 Å². The second-order valence-corrected chi connectivity index (χ2v) is 15.4. The number of fused-ring (bicyclic) bond motifs is 6. The van der Waals surface area contributed by atoms with Gasteiger partial charge in [0.25, 0.3) is 0 Å². The molecule has 0 aliphatic heterocycles. The third kappa shape index (κ3) is 5.03. The largest absolute Gasteiger partial charge is 0.309 e. The Bertz CT molecular complexity index is 2890. The van der Waals surface area contributed by atoms with Crippen LogP contribution in [0.3, 0.4) is 0 Å². The van der Waals surface area contributed by atoms with Gasteiger partial charge in [-0.2, -0.15) is 0 Å². The summed E-state index contributed by atoms with van der Waals surface area (Å²) in [6, 6.07) is 66.9. The number of hydrogen-bond acceptors (Lipinski definition) is 1.